The number of amides is 1. The van der Waals surface area contributed by atoms with Gasteiger partial charge >= 0.3 is 0 Å². The van der Waals surface area contributed by atoms with Gasteiger partial charge in [-0.25, -0.2) is 0 Å². The molecular weight excluding hydrogens is 316 g/mol. The van der Waals surface area contributed by atoms with Gasteiger partial charge in [-0.2, -0.15) is 0 Å². The van der Waals surface area contributed by atoms with Crippen molar-refractivity contribution in [3.63, 3.8) is 0 Å². The summed E-state index contributed by atoms with van der Waals surface area (Å²) in [5.74, 6) is 1.10. The summed E-state index contributed by atoms with van der Waals surface area (Å²) >= 11 is 6.21. The number of rotatable bonds is 5. The fraction of sp³-hybridized carbons (Fsp3) is 0.471. The number of carbonyl (C=O) groups excluding carboxylic acids is 1. The van der Waals surface area contributed by atoms with Crippen LogP contribution in [0.15, 0.2) is 18.2 Å². The first-order chi connectivity index (χ1) is 11.0. The summed E-state index contributed by atoms with van der Waals surface area (Å²) in [6.07, 6.45) is 3.34. The van der Waals surface area contributed by atoms with Gasteiger partial charge in [0, 0.05) is 32.3 Å². The zero-order valence-electron chi connectivity index (χ0n) is 13.8. The molecule has 6 heteroatoms. The molecule has 1 aromatic rings. The average molecular weight is 339 g/mol. The molecule has 0 spiro atoms. The number of methoxy groups -OCH3 is 1. The van der Waals surface area contributed by atoms with Crippen LogP contribution in [0.3, 0.4) is 0 Å². The van der Waals surface area contributed by atoms with Crippen LogP contribution in [0.4, 0.5) is 0 Å². The van der Waals surface area contributed by atoms with Crippen LogP contribution in [0, 0.1) is 0 Å². The molecule has 1 aromatic carbocycles. The molecule has 1 fully saturated rings. The predicted molar refractivity (Wildman–Crippen MR) is 92.3 cm³/mol. The van der Waals surface area contributed by atoms with Crippen molar-refractivity contribution in [2.24, 2.45) is 0 Å². The second-order valence-electron chi connectivity index (χ2n) is 5.43. The zero-order chi connectivity index (χ0) is 16.8. The Morgan fingerprint density at radius 2 is 2.00 bits per heavy atom. The summed E-state index contributed by atoms with van der Waals surface area (Å²) in [5.41, 5.74) is 0.807. The largest absolute Gasteiger partial charge is 0.491 e. The molecule has 0 saturated carbocycles. The number of likely N-dealkylation sites (N-methyl/N-ethyl adjacent to an activating group) is 1. The number of benzene rings is 1. The standard InChI is InChI=1S/C17H23ClN2O3/c1-4-23-15-12-13(11-14(18)17(15)22-3)5-6-16(21)20-9-7-19(2)8-10-20/h5-6,11-12H,4,7-10H2,1-3H3/b6-5+. The molecular formula is C17H23ClN2O3. The molecule has 2 rings (SSSR count). The van der Waals surface area contributed by atoms with Gasteiger partial charge in [-0.1, -0.05) is 11.6 Å². The Bertz CT molecular complexity index is 581. The Hall–Kier alpha value is -1.72. The fourth-order valence-electron chi connectivity index (χ4n) is 2.44. The molecule has 1 saturated heterocycles. The van der Waals surface area contributed by atoms with E-state index in [1.807, 2.05) is 17.9 Å². The maximum absolute atomic E-state index is 12.2. The molecule has 0 atom stereocenters. The smallest absolute Gasteiger partial charge is 0.246 e. The van der Waals surface area contributed by atoms with Crippen LogP contribution in [0.5, 0.6) is 11.5 Å². The highest BCUT2D eigenvalue weighted by atomic mass is 35.5. The minimum Gasteiger partial charge on any atom is -0.491 e. The minimum absolute atomic E-state index is 0.0167. The molecule has 0 aromatic heterocycles. The van der Waals surface area contributed by atoms with Crippen LogP contribution in [0.25, 0.3) is 6.08 Å². The molecule has 0 radical (unpaired) electrons. The Kier molecular flexibility index (Phi) is 6.30. The van der Waals surface area contributed by atoms with Gasteiger partial charge in [-0.15, -0.1) is 0 Å². The number of carbonyl (C=O) groups is 1. The van der Waals surface area contributed by atoms with Gasteiger partial charge in [0.05, 0.1) is 18.7 Å². The highest BCUT2D eigenvalue weighted by molar-refractivity contribution is 6.32. The van der Waals surface area contributed by atoms with Crippen LogP contribution >= 0.6 is 11.6 Å². The summed E-state index contributed by atoms with van der Waals surface area (Å²) < 4.78 is 10.8. The van der Waals surface area contributed by atoms with Crippen molar-refractivity contribution >= 4 is 23.6 Å². The molecule has 1 amide bonds. The molecule has 1 aliphatic heterocycles. The van der Waals surface area contributed by atoms with Crippen molar-refractivity contribution in [1.82, 2.24) is 9.80 Å². The van der Waals surface area contributed by atoms with Crippen molar-refractivity contribution in [3.05, 3.63) is 28.8 Å². The third-order valence-corrected chi connectivity index (χ3v) is 4.05. The van der Waals surface area contributed by atoms with Crippen molar-refractivity contribution in [2.45, 2.75) is 6.92 Å². The highest BCUT2D eigenvalue weighted by Gasteiger charge is 2.17. The van der Waals surface area contributed by atoms with E-state index in [-0.39, 0.29) is 5.91 Å². The first kappa shape index (κ1) is 17.6. The lowest BCUT2D eigenvalue weighted by Crippen LogP contribution is -2.46. The summed E-state index contributed by atoms with van der Waals surface area (Å²) in [5, 5.41) is 0.463. The SMILES string of the molecule is CCOc1cc(/C=C/C(=O)N2CCN(C)CC2)cc(Cl)c1OC. The number of halogens is 1. The summed E-state index contributed by atoms with van der Waals surface area (Å²) in [6.45, 7) is 5.73. The molecule has 0 aliphatic carbocycles. The van der Waals surface area contributed by atoms with Crippen molar-refractivity contribution in [3.8, 4) is 11.5 Å². The number of hydrogen-bond acceptors (Lipinski definition) is 4. The second kappa shape index (κ2) is 8.22. The van der Waals surface area contributed by atoms with Gasteiger partial charge in [0.25, 0.3) is 0 Å². The van der Waals surface area contributed by atoms with Gasteiger partial charge in [0.2, 0.25) is 5.91 Å². The molecule has 0 N–H and O–H groups in total. The molecule has 1 heterocycles. The molecule has 0 unspecified atom stereocenters. The van der Waals surface area contributed by atoms with E-state index in [0.29, 0.717) is 23.1 Å². The average Bonchev–Trinajstić information content (AvgIpc) is 2.53. The number of hydrogen-bond donors (Lipinski definition) is 0. The van der Waals surface area contributed by atoms with Gasteiger partial charge in [-0.05, 0) is 37.7 Å². The Morgan fingerprint density at radius 1 is 1.30 bits per heavy atom. The second-order valence-corrected chi connectivity index (χ2v) is 5.84. The van der Waals surface area contributed by atoms with Crippen LogP contribution < -0.4 is 9.47 Å². The molecule has 0 bridgehead atoms. The molecule has 1 aliphatic rings. The van der Waals surface area contributed by atoms with Crippen LogP contribution in [-0.4, -0.2) is 62.7 Å². The van der Waals surface area contributed by atoms with Gasteiger partial charge in [0.15, 0.2) is 11.5 Å². The van der Waals surface area contributed by atoms with E-state index in [1.54, 1.807) is 25.3 Å². The first-order valence-corrected chi connectivity index (χ1v) is 8.08. The Morgan fingerprint density at radius 3 is 2.61 bits per heavy atom. The first-order valence-electron chi connectivity index (χ1n) is 7.71. The number of nitrogens with zero attached hydrogens (tertiary/aromatic N) is 2. The number of ether oxygens (including phenoxy) is 2. The summed E-state index contributed by atoms with van der Waals surface area (Å²) in [4.78, 5) is 16.3. The topological polar surface area (TPSA) is 42.0 Å². The van der Waals surface area contributed by atoms with E-state index in [2.05, 4.69) is 11.9 Å². The van der Waals surface area contributed by atoms with E-state index >= 15 is 0 Å². The maximum atomic E-state index is 12.2. The lowest BCUT2D eigenvalue weighted by molar-refractivity contribution is -0.127. The van der Waals surface area contributed by atoms with Crippen LogP contribution in [0.1, 0.15) is 12.5 Å². The minimum atomic E-state index is 0.0167. The summed E-state index contributed by atoms with van der Waals surface area (Å²) in [7, 11) is 3.61. The van der Waals surface area contributed by atoms with E-state index < -0.39 is 0 Å². The van der Waals surface area contributed by atoms with Crippen LogP contribution in [-0.2, 0) is 4.79 Å². The Labute approximate surface area is 142 Å². The third-order valence-electron chi connectivity index (χ3n) is 3.77. The van der Waals surface area contributed by atoms with Gasteiger partial charge < -0.3 is 19.3 Å². The van der Waals surface area contributed by atoms with E-state index in [4.69, 9.17) is 21.1 Å². The van der Waals surface area contributed by atoms with E-state index in [0.717, 1.165) is 31.7 Å². The van der Waals surface area contributed by atoms with E-state index in [1.165, 1.54) is 0 Å². The lowest BCUT2D eigenvalue weighted by Gasteiger charge is -2.31. The monoisotopic (exact) mass is 338 g/mol. The van der Waals surface area contributed by atoms with E-state index in [9.17, 15) is 4.79 Å². The molecule has 23 heavy (non-hydrogen) atoms. The lowest BCUT2D eigenvalue weighted by atomic mass is 10.1. The summed E-state index contributed by atoms with van der Waals surface area (Å²) in [6, 6.07) is 3.58. The third kappa shape index (κ3) is 4.62. The van der Waals surface area contributed by atoms with Crippen molar-refractivity contribution in [1.29, 1.82) is 0 Å². The van der Waals surface area contributed by atoms with Gasteiger partial charge in [-0.3, -0.25) is 4.79 Å². The van der Waals surface area contributed by atoms with Crippen molar-refractivity contribution < 1.29 is 14.3 Å². The normalized spacial score (nSPS) is 15.9. The molecule has 5 nitrogen and oxygen atoms in total. The molecule has 126 valence electrons. The van der Waals surface area contributed by atoms with Crippen LogP contribution in [0.2, 0.25) is 5.02 Å². The predicted octanol–water partition coefficient (Wildman–Crippen LogP) is 2.53. The fourth-order valence-corrected chi connectivity index (χ4v) is 2.74. The maximum Gasteiger partial charge on any atom is 0.246 e. The quantitative estimate of drug-likeness (QED) is 0.774. The number of piperazine rings is 1. The van der Waals surface area contributed by atoms with Gasteiger partial charge in [0.1, 0.15) is 0 Å². The van der Waals surface area contributed by atoms with Crippen molar-refractivity contribution in [2.75, 3.05) is 46.9 Å². The zero-order valence-corrected chi connectivity index (χ0v) is 14.6. The Balaban J connectivity index is 2.11. The highest BCUT2D eigenvalue weighted by Crippen LogP contribution is 2.36.